The molecule has 2 fully saturated rings. The van der Waals surface area contributed by atoms with Gasteiger partial charge in [0.05, 0.1) is 25.8 Å². The summed E-state index contributed by atoms with van der Waals surface area (Å²) in [5, 5.41) is 0. The summed E-state index contributed by atoms with van der Waals surface area (Å²) in [7, 11) is 0. The highest BCUT2D eigenvalue weighted by Gasteiger charge is 2.23. The number of guanidine groups is 1. The molecule has 1 unspecified atom stereocenters. The molecule has 0 aliphatic carbocycles. The Labute approximate surface area is 149 Å². The Morgan fingerprint density at radius 1 is 1.20 bits per heavy atom. The highest BCUT2D eigenvalue weighted by Crippen LogP contribution is 2.23. The fourth-order valence-electron chi connectivity index (χ4n) is 3.52. The lowest BCUT2D eigenvalue weighted by atomic mass is 10.00. The Hall–Kier alpha value is -1.66. The van der Waals surface area contributed by atoms with Crippen LogP contribution in [0.2, 0.25) is 0 Å². The molecule has 0 saturated carbocycles. The summed E-state index contributed by atoms with van der Waals surface area (Å²) < 4.78 is 18.8. The number of nitrogens with zero attached hydrogens (tertiary/aromatic N) is 3. The number of nitrogens with two attached hydrogens (primary N) is 1. The largest absolute Gasteiger partial charge is 0.379 e. The van der Waals surface area contributed by atoms with E-state index in [0.717, 1.165) is 50.9 Å². The van der Waals surface area contributed by atoms with E-state index in [1.807, 2.05) is 12.1 Å². The third kappa shape index (κ3) is 4.92. The van der Waals surface area contributed by atoms with Gasteiger partial charge in [-0.25, -0.2) is 4.39 Å². The van der Waals surface area contributed by atoms with Crippen LogP contribution in [0.4, 0.5) is 4.39 Å². The van der Waals surface area contributed by atoms with Crippen molar-refractivity contribution >= 4 is 5.96 Å². The molecule has 0 radical (unpaired) electrons. The molecule has 6 heteroatoms. The number of likely N-dealkylation sites (tertiary alicyclic amines) is 1. The van der Waals surface area contributed by atoms with Crippen molar-refractivity contribution in [2.45, 2.75) is 25.8 Å². The van der Waals surface area contributed by atoms with Gasteiger partial charge in [0.2, 0.25) is 0 Å². The lowest BCUT2D eigenvalue weighted by molar-refractivity contribution is 0.0179. The van der Waals surface area contributed by atoms with Crippen molar-refractivity contribution in [3.8, 4) is 0 Å². The van der Waals surface area contributed by atoms with Crippen LogP contribution in [-0.4, -0.2) is 61.7 Å². The van der Waals surface area contributed by atoms with Crippen LogP contribution in [0, 0.1) is 11.7 Å². The Morgan fingerprint density at radius 3 is 2.48 bits per heavy atom. The molecule has 25 heavy (non-hydrogen) atoms. The monoisotopic (exact) mass is 348 g/mol. The maximum Gasteiger partial charge on any atom is 0.191 e. The average molecular weight is 348 g/mol. The van der Waals surface area contributed by atoms with Crippen LogP contribution in [0.5, 0.6) is 0 Å². The van der Waals surface area contributed by atoms with Crippen molar-refractivity contribution in [1.29, 1.82) is 0 Å². The number of benzene rings is 1. The molecule has 3 rings (SSSR count). The summed E-state index contributed by atoms with van der Waals surface area (Å²) in [6.07, 6.45) is 2.34. The van der Waals surface area contributed by atoms with Gasteiger partial charge < -0.3 is 15.4 Å². The van der Waals surface area contributed by atoms with E-state index in [-0.39, 0.29) is 11.9 Å². The molecule has 2 aliphatic rings. The Balaban J connectivity index is 1.70. The first kappa shape index (κ1) is 18.1. The molecule has 2 N–H and O–H groups in total. The molecule has 1 aromatic carbocycles. The Kier molecular flexibility index (Phi) is 6.26. The van der Waals surface area contributed by atoms with E-state index in [1.165, 1.54) is 25.0 Å². The van der Waals surface area contributed by atoms with Gasteiger partial charge in [0.1, 0.15) is 5.82 Å². The first-order valence-electron chi connectivity index (χ1n) is 9.25. The number of aliphatic imine (C=N–C) groups is 1. The number of hydrogen-bond donors (Lipinski definition) is 1. The molecule has 1 atom stereocenters. The number of morpholine rings is 1. The molecular weight excluding hydrogens is 319 g/mol. The topological polar surface area (TPSA) is 54.1 Å². The Morgan fingerprint density at radius 2 is 1.84 bits per heavy atom. The van der Waals surface area contributed by atoms with Gasteiger partial charge in [-0.15, -0.1) is 0 Å². The molecule has 2 heterocycles. The van der Waals surface area contributed by atoms with E-state index in [1.54, 1.807) is 0 Å². The molecule has 138 valence electrons. The van der Waals surface area contributed by atoms with Gasteiger partial charge in [-0.1, -0.05) is 19.1 Å². The zero-order valence-electron chi connectivity index (χ0n) is 15.0. The quantitative estimate of drug-likeness (QED) is 0.670. The highest BCUT2D eigenvalue weighted by molar-refractivity contribution is 5.78. The van der Waals surface area contributed by atoms with Gasteiger partial charge in [-0.05, 0) is 36.5 Å². The summed E-state index contributed by atoms with van der Waals surface area (Å²) >= 11 is 0. The second-order valence-corrected chi connectivity index (χ2v) is 7.08. The standard InChI is InChI=1S/C19H29FN4O/c1-15-6-8-24(9-7-15)19(21)22-14-18(23-10-12-25-13-11-23)16-2-4-17(20)5-3-16/h2-5,15,18H,6-14H2,1H3,(H2,21,22). The third-order valence-corrected chi connectivity index (χ3v) is 5.28. The number of rotatable bonds is 4. The van der Waals surface area contributed by atoms with E-state index in [0.29, 0.717) is 12.5 Å². The molecule has 0 spiro atoms. The minimum absolute atomic E-state index is 0.103. The van der Waals surface area contributed by atoms with Gasteiger partial charge in [0.25, 0.3) is 0 Å². The fraction of sp³-hybridized carbons (Fsp3) is 0.632. The maximum absolute atomic E-state index is 13.3. The number of halogens is 1. The number of hydrogen-bond acceptors (Lipinski definition) is 3. The van der Waals surface area contributed by atoms with Crippen LogP contribution < -0.4 is 5.73 Å². The van der Waals surface area contributed by atoms with Crippen LogP contribution in [-0.2, 0) is 4.74 Å². The van der Waals surface area contributed by atoms with Crippen molar-refractivity contribution in [3.63, 3.8) is 0 Å². The third-order valence-electron chi connectivity index (χ3n) is 5.28. The van der Waals surface area contributed by atoms with Crippen molar-refractivity contribution in [2.24, 2.45) is 16.6 Å². The zero-order chi connectivity index (χ0) is 17.6. The predicted octanol–water partition coefficient (Wildman–Crippen LogP) is 2.25. The zero-order valence-corrected chi connectivity index (χ0v) is 15.0. The van der Waals surface area contributed by atoms with Crippen molar-refractivity contribution < 1.29 is 9.13 Å². The number of piperidine rings is 1. The van der Waals surface area contributed by atoms with E-state index in [4.69, 9.17) is 15.5 Å². The second kappa shape index (κ2) is 8.63. The molecule has 0 amide bonds. The fourth-order valence-corrected chi connectivity index (χ4v) is 3.52. The van der Waals surface area contributed by atoms with Gasteiger partial charge in [-0.2, -0.15) is 0 Å². The van der Waals surface area contributed by atoms with Gasteiger partial charge >= 0.3 is 0 Å². The summed E-state index contributed by atoms with van der Waals surface area (Å²) in [4.78, 5) is 9.23. The summed E-state index contributed by atoms with van der Waals surface area (Å²) in [5.41, 5.74) is 7.32. The van der Waals surface area contributed by atoms with E-state index >= 15 is 0 Å². The minimum atomic E-state index is -0.213. The van der Waals surface area contributed by atoms with Crippen LogP contribution in [0.25, 0.3) is 0 Å². The normalized spacial score (nSPS) is 22.2. The molecule has 2 saturated heterocycles. The SMILES string of the molecule is CC1CCN(C(N)=NCC(c2ccc(F)cc2)N2CCOCC2)CC1. The van der Waals surface area contributed by atoms with Crippen LogP contribution >= 0.6 is 0 Å². The van der Waals surface area contributed by atoms with E-state index < -0.39 is 0 Å². The van der Waals surface area contributed by atoms with Crippen LogP contribution in [0.15, 0.2) is 29.3 Å². The smallest absolute Gasteiger partial charge is 0.191 e. The van der Waals surface area contributed by atoms with Gasteiger partial charge in [0.15, 0.2) is 5.96 Å². The second-order valence-electron chi connectivity index (χ2n) is 7.08. The van der Waals surface area contributed by atoms with E-state index in [2.05, 4.69) is 16.7 Å². The summed E-state index contributed by atoms with van der Waals surface area (Å²) in [6, 6.07) is 6.84. The average Bonchev–Trinajstić information content (AvgIpc) is 2.64. The van der Waals surface area contributed by atoms with Crippen molar-refractivity contribution in [1.82, 2.24) is 9.80 Å². The van der Waals surface area contributed by atoms with E-state index in [9.17, 15) is 4.39 Å². The number of ether oxygens (including phenoxy) is 1. The lowest BCUT2D eigenvalue weighted by Crippen LogP contribution is -2.44. The summed E-state index contributed by atoms with van der Waals surface area (Å²) in [6.45, 7) is 8.00. The van der Waals surface area contributed by atoms with Gasteiger partial charge in [-0.3, -0.25) is 9.89 Å². The first-order valence-corrected chi connectivity index (χ1v) is 9.25. The van der Waals surface area contributed by atoms with Crippen LogP contribution in [0.1, 0.15) is 31.4 Å². The molecular formula is C19H29FN4O. The molecule has 5 nitrogen and oxygen atoms in total. The van der Waals surface area contributed by atoms with Crippen molar-refractivity contribution in [2.75, 3.05) is 45.9 Å². The van der Waals surface area contributed by atoms with Crippen molar-refractivity contribution in [3.05, 3.63) is 35.6 Å². The van der Waals surface area contributed by atoms with Crippen LogP contribution in [0.3, 0.4) is 0 Å². The molecule has 0 bridgehead atoms. The Bertz CT molecular complexity index is 563. The molecule has 2 aliphatic heterocycles. The summed E-state index contributed by atoms with van der Waals surface area (Å²) in [5.74, 6) is 1.19. The molecule has 1 aromatic rings. The maximum atomic E-state index is 13.3. The first-order chi connectivity index (χ1) is 12.1. The lowest BCUT2D eigenvalue weighted by Gasteiger charge is -2.35. The predicted molar refractivity (Wildman–Crippen MR) is 98.0 cm³/mol. The highest BCUT2D eigenvalue weighted by atomic mass is 19.1. The van der Waals surface area contributed by atoms with Gasteiger partial charge in [0, 0.05) is 26.2 Å². The minimum Gasteiger partial charge on any atom is -0.379 e. The molecule has 0 aromatic heterocycles.